The van der Waals surface area contributed by atoms with Crippen LogP contribution in [-0.4, -0.2) is 35.4 Å². The highest BCUT2D eigenvalue weighted by atomic mass is 79.9. The van der Waals surface area contributed by atoms with E-state index in [9.17, 15) is 9.59 Å². The van der Waals surface area contributed by atoms with Crippen LogP contribution in [0, 0.1) is 0 Å². The van der Waals surface area contributed by atoms with E-state index in [-0.39, 0.29) is 36.4 Å². The van der Waals surface area contributed by atoms with Crippen molar-refractivity contribution in [2.75, 3.05) is 6.61 Å². The number of benzene rings is 3. The molecule has 3 aromatic rings. The van der Waals surface area contributed by atoms with E-state index >= 15 is 0 Å². The second kappa shape index (κ2) is 14.0. The Morgan fingerprint density at radius 2 is 1.67 bits per heavy atom. The van der Waals surface area contributed by atoms with Crippen molar-refractivity contribution in [2.45, 2.75) is 71.5 Å². The lowest BCUT2D eigenvalue weighted by atomic mass is 9.87. The Morgan fingerprint density at radius 1 is 1.00 bits per heavy atom. The van der Waals surface area contributed by atoms with Gasteiger partial charge in [-0.05, 0) is 75.6 Å². The maximum Gasteiger partial charge on any atom is 0.261 e. The van der Waals surface area contributed by atoms with E-state index in [1.165, 1.54) is 0 Å². The van der Waals surface area contributed by atoms with E-state index < -0.39 is 6.04 Å². The minimum atomic E-state index is -0.722. The van der Waals surface area contributed by atoms with Crippen LogP contribution in [0.1, 0.15) is 57.7 Å². The smallest absolute Gasteiger partial charge is 0.261 e. The van der Waals surface area contributed by atoms with Crippen LogP contribution in [0.2, 0.25) is 5.02 Å². The van der Waals surface area contributed by atoms with Crippen LogP contribution in [0.15, 0.2) is 77.3 Å². The molecule has 3 rings (SSSR count). The Balaban J connectivity index is 1.91. The first-order valence-corrected chi connectivity index (χ1v) is 14.5. The number of ether oxygens (including phenoxy) is 1. The monoisotopic (exact) mass is 612 g/mol. The molecule has 0 unspecified atom stereocenters. The quantitative estimate of drug-likeness (QED) is 0.246. The third-order valence-corrected chi connectivity index (χ3v) is 7.56. The van der Waals surface area contributed by atoms with Gasteiger partial charge in [-0.1, -0.05) is 87.8 Å². The number of amides is 2. The lowest BCUT2D eigenvalue weighted by Crippen LogP contribution is -2.53. The Labute approximate surface area is 246 Å². The summed E-state index contributed by atoms with van der Waals surface area (Å²) in [6, 6.07) is 22.2. The molecule has 0 aliphatic rings. The van der Waals surface area contributed by atoms with Crippen molar-refractivity contribution in [1.29, 1.82) is 0 Å². The van der Waals surface area contributed by atoms with Crippen molar-refractivity contribution in [1.82, 2.24) is 10.2 Å². The topological polar surface area (TPSA) is 58.6 Å². The molecule has 2 atom stereocenters. The number of hydrogen-bond donors (Lipinski definition) is 1. The standard InChI is InChI=1S/C32H38BrClN2O3/c1-6-22(2)35-31(38)28(18-23-10-8-7-9-11-23)36(20-24-12-15-26(34)16-13-24)30(37)21-39-29-17-14-25(19-27(29)33)32(3,4)5/h7-17,19,22,28H,6,18,20-21H2,1-5H3,(H,35,38)/t22-,28-/m0/s1. The number of carbonyl (C=O) groups excluding carboxylic acids is 2. The van der Waals surface area contributed by atoms with Gasteiger partial charge in [-0.3, -0.25) is 9.59 Å². The Bertz CT molecular complexity index is 1240. The molecule has 7 heteroatoms. The summed E-state index contributed by atoms with van der Waals surface area (Å²) in [5.74, 6) is 0.106. The SMILES string of the molecule is CC[C@H](C)NC(=O)[C@H](Cc1ccccc1)N(Cc1ccc(Cl)cc1)C(=O)COc1ccc(C(C)(C)C)cc1Br. The zero-order valence-corrected chi connectivity index (χ0v) is 25.7. The predicted octanol–water partition coefficient (Wildman–Crippen LogP) is 7.33. The molecule has 0 spiro atoms. The molecule has 0 aliphatic carbocycles. The summed E-state index contributed by atoms with van der Waals surface area (Å²) in [6.07, 6.45) is 1.17. The van der Waals surface area contributed by atoms with Gasteiger partial charge in [0.15, 0.2) is 6.61 Å². The zero-order valence-electron chi connectivity index (χ0n) is 23.3. The molecule has 0 aliphatic heterocycles. The van der Waals surface area contributed by atoms with Crippen LogP contribution in [0.3, 0.4) is 0 Å². The van der Waals surface area contributed by atoms with Gasteiger partial charge in [0.1, 0.15) is 11.8 Å². The molecule has 39 heavy (non-hydrogen) atoms. The van der Waals surface area contributed by atoms with Crippen LogP contribution in [0.25, 0.3) is 0 Å². The van der Waals surface area contributed by atoms with E-state index in [0.29, 0.717) is 17.2 Å². The summed E-state index contributed by atoms with van der Waals surface area (Å²) in [5.41, 5.74) is 2.98. The number of rotatable bonds is 11. The molecular weight excluding hydrogens is 576 g/mol. The molecule has 0 bridgehead atoms. The summed E-state index contributed by atoms with van der Waals surface area (Å²) in [7, 11) is 0. The molecule has 0 heterocycles. The van der Waals surface area contributed by atoms with Gasteiger partial charge in [0, 0.05) is 24.0 Å². The highest BCUT2D eigenvalue weighted by Gasteiger charge is 2.31. The molecule has 5 nitrogen and oxygen atoms in total. The first-order chi connectivity index (χ1) is 18.5. The minimum absolute atomic E-state index is 0.0140. The van der Waals surface area contributed by atoms with Gasteiger partial charge in [0.25, 0.3) is 5.91 Å². The second-order valence-corrected chi connectivity index (χ2v) is 12.1. The van der Waals surface area contributed by atoms with E-state index in [1.807, 2.05) is 74.5 Å². The highest BCUT2D eigenvalue weighted by Crippen LogP contribution is 2.31. The van der Waals surface area contributed by atoms with Crippen LogP contribution in [-0.2, 0) is 28.0 Å². The third-order valence-electron chi connectivity index (χ3n) is 6.69. The largest absolute Gasteiger partial charge is 0.483 e. The number of nitrogens with one attached hydrogen (secondary N) is 1. The van der Waals surface area contributed by atoms with E-state index in [2.05, 4.69) is 42.0 Å². The van der Waals surface area contributed by atoms with Crippen LogP contribution >= 0.6 is 27.5 Å². The van der Waals surface area contributed by atoms with Crippen molar-refractivity contribution in [3.8, 4) is 5.75 Å². The fourth-order valence-corrected chi connectivity index (χ4v) is 4.71. The molecule has 2 amide bonds. The van der Waals surface area contributed by atoms with Crippen molar-refractivity contribution < 1.29 is 14.3 Å². The summed E-state index contributed by atoms with van der Waals surface area (Å²) < 4.78 is 6.78. The van der Waals surface area contributed by atoms with Gasteiger partial charge < -0.3 is 15.0 Å². The Kier molecular flexibility index (Phi) is 11.0. The highest BCUT2D eigenvalue weighted by molar-refractivity contribution is 9.10. The first-order valence-electron chi connectivity index (χ1n) is 13.3. The third kappa shape index (κ3) is 9.11. The molecule has 1 N–H and O–H groups in total. The van der Waals surface area contributed by atoms with Gasteiger partial charge in [-0.25, -0.2) is 0 Å². The lowest BCUT2D eigenvalue weighted by molar-refractivity contribution is -0.143. The zero-order chi connectivity index (χ0) is 28.6. The van der Waals surface area contributed by atoms with Gasteiger partial charge >= 0.3 is 0 Å². The first kappa shape index (κ1) is 30.7. The summed E-state index contributed by atoms with van der Waals surface area (Å²) in [6.45, 7) is 10.5. The molecule has 3 aromatic carbocycles. The Morgan fingerprint density at radius 3 is 2.26 bits per heavy atom. The number of hydrogen-bond acceptors (Lipinski definition) is 3. The van der Waals surface area contributed by atoms with Crippen molar-refractivity contribution in [2.24, 2.45) is 0 Å². The molecule has 208 valence electrons. The molecule has 0 fully saturated rings. The second-order valence-electron chi connectivity index (χ2n) is 10.9. The number of halogens is 2. The Hall–Kier alpha value is -2.83. The maximum absolute atomic E-state index is 13.8. The number of nitrogens with zero attached hydrogens (tertiary/aromatic N) is 1. The molecule has 0 radical (unpaired) electrons. The lowest BCUT2D eigenvalue weighted by Gasteiger charge is -2.32. The van der Waals surface area contributed by atoms with E-state index in [1.54, 1.807) is 17.0 Å². The van der Waals surface area contributed by atoms with Crippen LogP contribution < -0.4 is 10.1 Å². The van der Waals surface area contributed by atoms with Crippen LogP contribution in [0.4, 0.5) is 0 Å². The molecule has 0 saturated heterocycles. The van der Waals surface area contributed by atoms with E-state index in [4.69, 9.17) is 16.3 Å². The summed E-state index contributed by atoms with van der Waals surface area (Å²) in [4.78, 5) is 29.0. The summed E-state index contributed by atoms with van der Waals surface area (Å²) in [5, 5.41) is 3.69. The fraction of sp³-hybridized carbons (Fsp3) is 0.375. The van der Waals surface area contributed by atoms with Gasteiger partial charge in [-0.2, -0.15) is 0 Å². The van der Waals surface area contributed by atoms with Gasteiger partial charge in [-0.15, -0.1) is 0 Å². The van der Waals surface area contributed by atoms with E-state index in [0.717, 1.165) is 27.6 Å². The average molecular weight is 614 g/mol. The normalized spacial score (nSPS) is 12.9. The molecule has 0 aromatic heterocycles. The molecular formula is C32H38BrClN2O3. The average Bonchev–Trinajstić information content (AvgIpc) is 2.90. The fourth-order valence-electron chi connectivity index (χ4n) is 4.09. The maximum atomic E-state index is 13.8. The van der Waals surface area contributed by atoms with Crippen molar-refractivity contribution in [3.05, 3.63) is 99.0 Å². The molecule has 0 saturated carbocycles. The van der Waals surface area contributed by atoms with Gasteiger partial charge in [0.2, 0.25) is 5.91 Å². The van der Waals surface area contributed by atoms with Crippen molar-refractivity contribution in [3.63, 3.8) is 0 Å². The minimum Gasteiger partial charge on any atom is -0.483 e. The van der Waals surface area contributed by atoms with Crippen LogP contribution in [0.5, 0.6) is 5.75 Å². The van der Waals surface area contributed by atoms with Gasteiger partial charge in [0.05, 0.1) is 4.47 Å². The predicted molar refractivity (Wildman–Crippen MR) is 162 cm³/mol. The summed E-state index contributed by atoms with van der Waals surface area (Å²) >= 11 is 9.70. The number of carbonyl (C=O) groups is 2. The van der Waals surface area contributed by atoms with Crippen molar-refractivity contribution >= 4 is 39.3 Å².